The number of rotatable bonds is 10. The molecule has 0 amide bonds. The number of carbonyl (C=O) groups is 5. The van der Waals surface area contributed by atoms with Crippen LogP contribution in [-0.2, 0) is 23.8 Å². The van der Waals surface area contributed by atoms with Crippen LogP contribution in [0.3, 0.4) is 0 Å². The average molecular weight is 392 g/mol. The number of esters is 3. The molecule has 0 bridgehead atoms. The Morgan fingerprint density at radius 1 is 0.893 bits per heavy atom. The molecule has 0 saturated carbocycles. The molecule has 148 valence electrons. The Morgan fingerprint density at radius 3 is 1.82 bits per heavy atom. The fraction of sp³-hybridized carbons (Fsp3) is 0.167. The van der Waals surface area contributed by atoms with Crippen LogP contribution in [-0.4, -0.2) is 59.4 Å². The summed E-state index contributed by atoms with van der Waals surface area (Å²) in [5.74, 6) is -5.70. The second-order valence-electron chi connectivity index (χ2n) is 5.07. The van der Waals surface area contributed by atoms with Crippen LogP contribution in [0.25, 0.3) is 0 Å². The van der Waals surface area contributed by atoms with Crippen LogP contribution in [0.1, 0.15) is 31.1 Å². The fourth-order valence-electron chi connectivity index (χ4n) is 1.84. The molecule has 28 heavy (non-hydrogen) atoms. The van der Waals surface area contributed by atoms with Crippen LogP contribution < -0.4 is 0 Å². The van der Waals surface area contributed by atoms with E-state index in [2.05, 4.69) is 13.2 Å². The lowest BCUT2D eigenvalue weighted by atomic mass is 10.0. The largest absolute Gasteiger partial charge is 0.478 e. The summed E-state index contributed by atoms with van der Waals surface area (Å²) in [4.78, 5) is 56.8. The van der Waals surface area contributed by atoms with Crippen LogP contribution in [0.2, 0.25) is 0 Å². The van der Waals surface area contributed by atoms with Gasteiger partial charge in [0.25, 0.3) is 0 Å². The molecule has 0 fully saturated rings. The number of ether oxygens (including phenoxy) is 3. The van der Waals surface area contributed by atoms with Crippen molar-refractivity contribution in [3.8, 4) is 0 Å². The normalized spacial score (nSPS) is 9.89. The molecule has 0 heterocycles. The molecule has 1 aromatic rings. The molecule has 10 nitrogen and oxygen atoms in total. The number of carboxylic acids is 2. The molecule has 0 radical (unpaired) electrons. The van der Waals surface area contributed by atoms with E-state index in [0.717, 1.165) is 30.4 Å². The quantitative estimate of drug-likeness (QED) is 0.336. The summed E-state index contributed by atoms with van der Waals surface area (Å²) in [7, 11) is 0. The van der Waals surface area contributed by atoms with Gasteiger partial charge in [0, 0.05) is 12.2 Å². The molecular formula is C18H16O10. The first-order valence-electron chi connectivity index (χ1n) is 7.59. The van der Waals surface area contributed by atoms with Crippen LogP contribution in [0.5, 0.6) is 0 Å². The van der Waals surface area contributed by atoms with E-state index in [9.17, 15) is 24.0 Å². The summed E-state index contributed by atoms with van der Waals surface area (Å²) < 4.78 is 14.5. The van der Waals surface area contributed by atoms with E-state index in [4.69, 9.17) is 24.4 Å². The molecule has 0 saturated heterocycles. The highest BCUT2D eigenvalue weighted by molar-refractivity contribution is 6.04. The Morgan fingerprint density at radius 2 is 1.39 bits per heavy atom. The number of carboxylic acid groups (broad SMARTS) is 2. The van der Waals surface area contributed by atoms with Gasteiger partial charge < -0.3 is 24.4 Å². The van der Waals surface area contributed by atoms with E-state index in [-0.39, 0.29) is 5.56 Å². The number of benzene rings is 1. The highest BCUT2D eigenvalue weighted by atomic mass is 16.6. The molecule has 0 aliphatic carbocycles. The van der Waals surface area contributed by atoms with Gasteiger partial charge in [0.15, 0.2) is 6.10 Å². The molecule has 1 aromatic carbocycles. The molecule has 0 aromatic heterocycles. The Hall–Kier alpha value is -3.95. The maximum absolute atomic E-state index is 12.3. The summed E-state index contributed by atoms with van der Waals surface area (Å²) in [5, 5.41) is 18.1. The number of aromatic carboxylic acids is 2. The fourth-order valence-corrected chi connectivity index (χ4v) is 1.84. The summed E-state index contributed by atoms with van der Waals surface area (Å²) >= 11 is 0. The lowest BCUT2D eigenvalue weighted by Crippen LogP contribution is -2.30. The number of hydrogen-bond donors (Lipinski definition) is 2. The van der Waals surface area contributed by atoms with Crippen LogP contribution in [0, 0.1) is 0 Å². The van der Waals surface area contributed by atoms with Crippen LogP contribution in [0.4, 0.5) is 0 Å². The minimum atomic E-state index is -1.55. The monoisotopic (exact) mass is 392 g/mol. The van der Waals surface area contributed by atoms with Gasteiger partial charge in [0.1, 0.15) is 13.2 Å². The molecule has 0 spiro atoms. The lowest BCUT2D eigenvalue weighted by Gasteiger charge is -2.17. The standard InChI is InChI=1S/C18H16O10/c1-3-14(19)26-8-11(9-27-15(20)4-2)28-18(25)10-5-6-12(16(21)22)13(7-10)17(23)24/h3-7,11H,1-2,8-9H2,(H,21,22)(H,23,24). The zero-order valence-corrected chi connectivity index (χ0v) is 14.5. The van der Waals surface area contributed by atoms with Gasteiger partial charge in [-0.2, -0.15) is 0 Å². The predicted molar refractivity (Wildman–Crippen MR) is 91.9 cm³/mol. The SMILES string of the molecule is C=CC(=O)OCC(COC(=O)C=C)OC(=O)c1ccc(C(=O)O)c(C(=O)O)c1. The molecular weight excluding hydrogens is 376 g/mol. The van der Waals surface area contributed by atoms with E-state index in [1.807, 2.05) is 0 Å². The number of carbonyl (C=O) groups excluding carboxylic acids is 3. The maximum Gasteiger partial charge on any atom is 0.338 e. The predicted octanol–water partition coefficient (Wildman–Crippen LogP) is 1.07. The van der Waals surface area contributed by atoms with E-state index < -0.39 is 60.3 Å². The van der Waals surface area contributed by atoms with Gasteiger partial charge in [-0.15, -0.1) is 0 Å². The highest BCUT2D eigenvalue weighted by Gasteiger charge is 2.23. The van der Waals surface area contributed by atoms with Gasteiger partial charge in [-0.25, -0.2) is 24.0 Å². The zero-order chi connectivity index (χ0) is 21.3. The third-order valence-electron chi connectivity index (χ3n) is 3.15. The van der Waals surface area contributed by atoms with Crippen LogP contribution in [0.15, 0.2) is 43.5 Å². The second kappa shape index (κ2) is 10.3. The van der Waals surface area contributed by atoms with Crippen molar-refractivity contribution in [2.24, 2.45) is 0 Å². The summed E-state index contributed by atoms with van der Waals surface area (Å²) in [5.41, 5.74) is -1.40. The number of hydrogen-bond acceptors (Lipinski definition) is 8. The highest BCUT2D eigenvalue weighted by Crippen LogP contribution is 2.15. The van der Waals surface area contributed by atoms with Crippen molar-refractivity contribution in [2.75, 3.05) is 13.2 Å². The lowest BCUT2D eigenvalue weighted by molar-refractivity contribution is -0.146. The Balaban J connectivity index is 3.00. The van der Waals surface area contributed by atoms with Crippen molar-refractivity contribution in [1.82, 2.24) is 0 Å². The first-order valence-corrected chi connectivity index (χ1v) is 7.59. The van der Waals surface area contributed by atoms with Gasteiger partial charge in [-0.1, -0.05) is 13.2 Å². The molecule has 0 unspecified atom stereocenters. The van der Waals surface area contributed by atoms with E-state index >= 15 is 0 Å². The third kappa shape index (κ3) is 6.41. The van der Waals surface area contributed by atoms with Gasteiger partial charge in [-0.3, -0.25) is 0 Å². The second-order valence-corrected chi connectivity index (χ2v) is 5.07. The van der Waals surface area contributed by atoms with E-state index in [1.165, 1.54) is 0 Å². The molecule has 2 N–H and O–H groups in total. The first kappa shape index (κ1) is 22.1. The van der Waals surface area contributed by atoms with Crippen LogP contribution >= 0.6 is 0 Å². The average Bonchev–Trinajstić information content (AvgIpc) is 2.68. The van der Waals surface area contributed by atoms with Crippen molar-refractivity contribution in [3.63, 3.8) is 0 Å². The van der Waals surface area contributed by atoms with Gasteiger partial charge >= 0.3 is 29.8 Å². The van der Waals surface area contributed by atoms with E-state index in [0.29, 0.717) is 0 Å². The summed E-state index contributed by atoms with van der Waals surface area (Å²) in [6.45, 7) is 5.45. The minimum absolute atomic E-state index is 0.266. The zero-order valence-electron chi connectivity index (χ0n) is 14.5. The molecule has 0 aliphatic heterocycles. The molecule has 0 aliphatic rings. The van der Waals surface area contributed by atoms with Crippen molar-refractivity contribution in [2.45, 2.75) is 6.10 Å². The molecule has 10 heteroatoms. The van der Waals surface area contributed by atoms with Crippen molar-refractivity contribution >= 4 is 29.8 Å². The Bertz CT molecular complexity index is 800. The Kier molecular flexibility index (Phi) is 8.09. The van der Waals surface area contributed by atoms with Gasteiger partial charge in [0.2, 0.25) is 0 Å². The van der Waals surface area contributed by atoms with Crippen molar-refractivity contribution < 1.29 is 48.4 Å². The van der Waals surface area contributed by atoms with Gasteiger partial charge in [-0.05, 0) is 18.2 Å². The molecule has 0 atom stereocenters. The van der Waals surface area contributed by atoms with E-state index in [1.54, 1.807) is 0 Å². The third-order valence-corrected chi connectivity index (χ3v) is 3.15. The minimum Gasteiger partial charge on any atom is -0.478 e. The van der Waals surface area contributed by atoms with Crippen molar-refractivity contribution in [1.29, 1.82) is 0 Å². The maximum atomic E-state index is 12.3. The van der Waals surface area contributed by atoms with Gasteiger partial charge in [0.05, 0.1) is 16.7 Å². The summed E-state index contributed by atoms with van der Waals surface area (Å²) in [6, 6.07) is 2.82. The topological polar surface area (TPSA) is 154 Å². The summed E-state index contributed by atoms with van der Waals surface area (Å²) in [6.07, 6.45) is 0.532. The first-order chi connectivity index (χ1) is 13.2. The van der Waals surface area contributed by atoms with Crippen molar-refractivity contribution in [3.05, 3.63) is 60.2 Å². The smallest absolute Gasteiger partial charge is 0.338 e. The Labute approximate surface area is 158 Å². The molecule has 1 rings (SSSR count).